The number of rotatable bonds is 6. The first-order chi connectivity index (χ1) is 19.0. The largest absolute Gasteiger partial charge is 1.00 e. The normalized spacial score (nSPS) is 17.0. The smallest absolute Gasteiger partial charge is 0.870 e. The summed E-state index contributed by atoms with van der Waals surface area (Å²) in [6.45, 7) is -0.604. The molecule has 0 unspecified atom stereocenters. The molecule has 0 saturated carbocycles. The second-order valence-corrected chi connectivity index (χ2v) is 14.4. The number of carboxylic acids is 1. The van der Waals surface area contributed by atoms with Crippen molar-refractivity contribution in [3.63, 3.8) is 0 Å². The van der Waals surface area contributed by atoms with Crippen molar-refractivity contribution >= 4 is 113 Å². The van der Waals surface area contributed by atoms with Crippen LogP contribution >= 0.6 is 69.6 Å². The molecule has 2 aliphatic rings. The molecule has 0 spiro atoms. The molecule has 2 aliphatic heterocycles. The molecule has 0 aliphatic carbocycles. The van der Waals surface area contributed by atoms with E-state index in [2.05, 4.69) is 4.74 Å². The van der Waals surface area contributed by atoms with Crippen LogP contribution in [0, 0.1) is 0 Å². The minimum absolute atomic E-state index is 0. The molecule has 2 aromatic rings. The topological polar surface area (TPSA) is 175 Å². The fourth-order valence-corrected chi connectivity index (χ4v) is 9.27. The van der Waals surface area contributed by atoms with Gasteiger partial charge in [0.05, 0.1) is 38.6 Å². The van der Waals surface area contributed by atoms with E-state index >= 15 is 0 Å². The van der Waals surface area contributed by atoms with Gasteiger partial charge in [0.2, 0.25) is 0 Å². The maximum absolute atomic E-state index is 12.4. The van der Waals surface area contributed by atoms with E-state index in [0.29, 0.717) is 5.02 Å². The molecule has 242 valence electrons. The molecule has 0 atom stereocenters. The Morgan fingerprint density at radius 3 is 1.34 bits per heavy atom. The summed E-state index contributed by atoms with van der Waals surface area (Å²) in [5, 5.41) is 9.71. The number of benzene rings is 2. The van der Waals surface area contributed by atoms with Gasteiger partial charge in [-0.1, -0.05) is 77.0 Å². The van der Waals surface area contributed by atoms with Gasteiger partial charge in [-0.25, -0.2) is 0 Å². The van der Waals surface area contributed by atoms with Gasteiger partial charge in [0.1, 0.15) is 13.1 Å². The van der Waals surface area contributed by atoms with Crippen molar-refractivity contribution in [2.75, 3.05) is 55.0 Å². The van der Waals surface area contributed by atoms with Gasteiger partial charge in [-0.3, -0.25) is 18.2 Å². The zero-order valence-electron chi connectivity index (χ0n) is 22.2. The van der Waals surface area contributed by atoms with E-state index < -0.39 is 38.9 Å². The van der Waals surface area contributed by atoms with E-state index in [-0.39, 0.29) is 101 Å². The number of ether oxygens (including phenoxy) is 1. The Morgan fingerprint density at radius 1 is 0.727 bits per heavy atom. The third kappa shape index (κ3) is 9.57. The predicted octanol–water partition coefficient (Wildman–Crippen LogP) is 1.75. The van der Waals surface area contributed by atoms with Crippen LogP contribution in [0.25, 0.3) is 0 Å². The first kappa shape index (κ1) is 43.1. The van der Waals surface area contributed by atoms with Crippen molar-refractivity contribution in [3.8, 4) is 0 Å². The summed E-state index contributed by atoms with van der Waals surface area (Å²) in [6, 6.07) is 5.56. The van der Waals surface area contributed by atoms with Crippen LogP contribution in [0.3, 0.4) is 0 Å². The van der Waals surface area contributed by atoms with Crippen LogP contribution in [0.1, 0.15) is 7.43 Å². The summed E-state index contributed by atoms with van der Waals surface area (Å²) in [6.07, 6.45) is 0. The number of carbonyl (C=O) groups is 2. The summed E-state index contributed by atoms with van der Waals surface area (Å²) in [5.41, 5.74) is 0.251. The zero-order chi connectivity index (χ0) is 30.9. The molecular formula is C22H25Cl6LiN4O9S2. The summed E-state index contributed by atoms with van der Waals surface area (Å²) in [7, 11) is -6.66. The van der Waals surface area contributed by atoms with Crippen molar-refractivity contribution in [1.82, 2.24) is 8.61 Å². The van der Waals surface area contributed by atoms with Gasteiger partial charge < -0.3 is 15.3 Å². The van der Waals surface area contributed by atoms with Crippen molar-refractivity contribution in [2.24, 2.45) is 0 Å². The second-order valence-electron chi connectivity index (χ2n) is 8.23. The fourth-order valence-electron chi connectivity index (χ4n) is 3.83. The molecule has 2 N–H and O–H groups in total. The first-order valence-corrected chi connectivity index (χ1v) is 16.2. The molecule has 2 fully saturated rings. The number of anilines is 2. The van der Waals surface area contributed by atoms with Crippen LogP contribution < -0.4 is 27.5 Å². The third-order valence-corrected chi connectivity index (χ3v) is 11.0. The molecule has 0 radical (unpaired) electrons. The Morgan fingerprint density at radius 2 is 1.05 bits per heavy atom. The average Bonchev–Trinajstić information content (AvgIpc) is 3.27. The molecule has 22 heteroatoms. The van der Waals surface area contributed by atoms with E-state index in [1.165, 1.54) is 31.4 Å². The molecule has 0 amide bonds. The van der Waals surface area contributed by atoms with Crippen molar-refractivity contribution in [2.45, 2.75) is 7.43 Å². The van der Waals surface area contributed by atoms with Gasteiger partial charge in [0, 0.05) is 36.2 Å². The zero-order valence-corrected chi connectivity index (χ0v) is 28.3. The van der Waals surface area contributed by atoms with E-state index in [9.17, 15) is 26.4 Å². The third-order valence-electron chi connectivity index (χ3n) is 5.62. The first-order valence-electron chi connectivity index (χ1n) is 11.1. The Hall–Kier alpha value is -0.903. The van der Waals surface area contributed by atoms with E-state index in [0.717, 1.165) is 17.2 Å². The summed E-state index contributed by atoms with van der Waals surface area (Å²) >= 11 is 35.6. The summed E-state index contributed by atoms with van der Waals surface area (Å²) in [5.74, 6) is -1.88. The van der Waals surface area contributed by atoms with Gasteiger partial charge in [-0.15, -0.1) is 0 Å². The van der Waals surface area contributed by atoms with E-state index in [1.54, 1.807) is 0 Å². The minimum Gasteiger partial charge on any atom is -0.870 e. The Bertz CT molecular complexity index is 1540. The van der Waals surface area contributed by atoms with Crippen molar-refractivity contribution in [3.05, 3.63) is 54.4 Å². The SMILES string of the molecule is C.COC(=O)CN1CCN(c2c(Cl)cc(Cl)cc2Cl)S1(=O)=O.O=C(O)CN1CCN(c2c(Cl)cc(Cl)cc2Cl)S1(=O)=O.[Li+].[OH-]. The fraction of sp³-hybridized carbons (Fsp3) is 0.364. The van der Waals surface area contributed by atoms with Crippen LogP contribution in [0.15, 0.2) is 24.3 Å². The predicted molar refractivity (Wildman–Crippen MR) is 167 cm³/mol. The average molecular weight is 773 g/mol. The molecule has 13 nitrogen and oxygen atoms in total. The van der Waals surface area contributed by atoms with Gasteiger partial charge in [0.15, 0.2) is 0 Å². The van der Waals surface area contributed by atoms with E-state index in [4.69, 9.17) is 74.7 Å². The van der Waals surface area contributed by atoms with Crippen LogP contribution in [-0.4, -0.2) is 94.3 Å². The summed E-state index contributed by atoms with van der Waals surface area (Å²) in [4.78, 5) is 21.9. The molecule has 2 saturated heterocycles. The second kappa shape index (κ2) is 17.3. The van der Waals surface area contributed by atoms with Crippen molar-refractivity contribution in [1.29, 1.82) is 0 Å². The Balaban J connectivity index is 0.000000788. The molecule has 0 aromatic heterocycles. The number of esters is 1. The number of aliphatic carboxylic acids is 1. The molecule has 2 heterocycles. The number of nitrogens with zero attached hydrogens (tertiary/aromatic N) is 4. The van der Waals surface area contributed by atoms with Crippen LogP contribution in [0.2, 0.25) is 30.1 Å². The number of carboxylic acid groups (broad SMARTS) is 1. The summed E-state index contributed by atoms with van der Waals surface area (Å²) < 4.78 is 57.7. The number of halogens is 6. The molecule has 2 aromatic carbocycles. The number of hydrogen-bond acceptors (Lipinski definition) is 8. The standard InChI is InChI=1S/C11H11Cl3N2O4S.C10H9Cl3N2O4S.CH4.Li.H2O/c1-20-10(17)6-15-2-3-16(21(15,18)19)11-8(13)4-7(12)5-9(11)14;11-6-3-7(12)10(8(13)4-6)15-2-1-14(5-9(16)17)20(15,18)19;;;/h4-5H,2-3,6H2,1H3;3-4H,1-2,5H2,(H,16,17);1H4;;1H2/q;;;+1;/p-1. The van der Waals surface area contributed by atoms with Crippen LogP contribution in [0.5, 0.6) is 0 Å². The molecule has 0 bridgehead atoms. The monoisotopic (exact) mass is 770 g/mol. The maximum atomic E-state index is 12.4. The molecule has 44 heavy (non-hydrogen) atoms. The van der Waals surface area contributed by atoms with Gasteiger partial charge in [-0.05, 0) is 24.3 Å². The molecule has 4 rings (SSSR count). The number of methoxy groups -OCH3 is 1. The quantitative estimate of drug-likeness (QED) is 0.339. The minimum atomic E-state index is -3.96. The van der Waals surface area contributed by atoms with E-state index in [1.807, 2.05) is 0 Å². The Kier molecular flexibility index (Phi) is 17.0. The van der Waals surface area contributed by atoms with Gasteiger partial charge in [-0.2, -0.15) is 25.4 Å². The number of carbonyl (C=O) groups excluding carboxylic acids is 1. The van der Waals surface area contributed by atoms with Gasteiger partial charge >= 0.3 is 51.2 Å². The van der Waals surface area contributed by atoms with Crippen molar-refractivity contribution < 1.29 is 60.6 Å². The maximum Gasteiger partial charge on any atom is 1.00 e. The Labute approximate surface area is 297 Å². The molecular weight excluding hydrogens is 748 g/mol. The van der Waals surface area contributed by atoms with Crippen LogP contribution in [0.4, 0.5) is 11.4 Å². The number of hydrogen-bond donors (Lipinski definition) is 1. The van der Waals surface area contributed by atoms with Gasteiger partial charge in [0.25, 0.3) is 0 Å². The van der Waals surface area contributed by atoms with Crippen LogP contribution in [-0.2, 0) is 34.7 Å².